The van der Waals surface area contributed by atoms with Gasteiger partial charge in [0.1, 0.15) is 5.82 Å². The summed E-state index contributed by atoms with van der Waals surface area (Å²) >= 11 is 0. The Kier molecular flexibility index (Phi) is 4.35. The van der Waals surface area contributed by atoms with Gasteiger partial charge in [-0.2, -0.15) is 9.97 Å². The Morgan fingerprint density at radius 3 is 2.61 bits per heavy atom. The van der Waals surface area contributed by atoms with E-state index in [1.807, 2.05) is 48.3 Å². The number of H-pyrrole nitrogens is 3. The van der Waals surface area contributed by atoms with Crippen molar-refractivity contribution in [1.29, 1.82) is 0 Å². The van der Waals surface area contributed by atoms with E-state index < -0.39 is 0 Å². The first kappa shape index (κ1) is 17.5. The maximum absolute atomic E-state index is 5.62. The number of hydrogen-bond donors (Lipinski definition) is 4. The van der Waals surface area contributed by atoms with Gasteiger partial charge < -0.3 is 20.0 Å². The Labute approximate surface area is 160 Å². The molecule has 12 nitrogen and oxygen atoms in total. The summed E-state index contributed by atoms with van der Waals surface area (Å²) in [4.78, 5) is 17.3. The molecule has 0 aliphatic rings. The highest BCUT2D eigenvalue weighted by Crippen LogP contribution is 2.25. The SMILES string of the molecule is CN(Cc1coc(N(C)c2n[nH]c(N)n2)c1)c1n[nH]c(N(C)c2ccc[nH]2)n1. The van der Waals surface area contributed by atoms with Gasteiger partial charge in [-0.05, 0) is 12.1 Å². The van der Waals surface area contributed by atoms with E-state index in [0.717, 1.165) is 11.4 Å². The molecule has 4 aromatic rings. The van der Waals surface area contributed by atoms with Crippen LogP contribution < -0.4 is 20.4 Å². The minimum atomic E-state index is 0.248. The third-order valence-electron chi connectivity index (χ3n) is 4.24. The predicted octanol–water partition coefficient (Wildman–Crippen LogP) is 1.60. The van der Waals surface area contributed by atoms with E-state index in [4.69, 9.17) is 10.2 Å². The number of furan rings is 1. The molecule has 0 atom stereocenters. The molecule has 0 saturated carbocycles. The van der Waals surface area contributed by atoms with Gasteiger partial charge in [-0.1, -0.05) is 0 Å². The van der Waals surface area contributed by atoms with Crippen LogP contribution in [0.1, 0.15) is 5.56 Å². The lowest BCUT2D eigenvalue weighted by atomic mass is 10.3. The largest absolute Gasteiger partial charge is 0.448 e. The van der Waals surface area contributed by atoms with Crippen molar-refractivity contribution in [2.24, 2.45) is 0 Å². The third kappa shape index (κ3) is 3.34. The first-order valence-corrected chi connectivity index (χ1v) is 8.51. The molecule has 4 heterocycles. The normalized spacial score (nSPS) is 11.0. The third-order valence-corrected chi connectivity index (χ3v) is 4.24. The zero-order valence-corrected chi connectivity index (χ0v) is 15.7. The van der Waals surface area contributed by atoms with E-state index in [1.54, 1.807) is 18.2 Å². The van der Waals surface area contributed by atoms with E-state index >= 15 is 0 Å². The molecular formula is C16H21N11O. The van der Waals surface area contributed by atoms with Crippen LogP contribution in [0.2, 0.25) is 0 Å². The summed E-state index contributed by atoms with van der Waals surface area (Å²) < 4.78 is 5.62. The van der Waals surface area contributed by atoms with Crippen molar-refractivity contribution in [3.63, 3.8) is 0 Å². The van der Waals surface area contributed by atoms with Crippen LogP contribution in [0.5, 0.6) is 0 Å². The maximum atomic E-state index is 5.62. The van der Waals surface area contributed by atoms with Crippen LogP contribution in [0.4, 0.5) is 35.5 Å². The Morgan fingerprint density at radius 2 is 1.89 bits per heavy atom. The number of nitrogens with two attached hydrogens (primary N) is 1. The van der Waals surface area contributed by atoms with Crippen LogP contribution in [0.25, 0.3) is 0 Å². The van der Waals surface area contributed by atoms with Crippen molar-refractivity contribution >= 4 is 35.5 Å². The molecule has 0 fully saturated rings. The molecule has 0 unspecified atom stereocenters. The smallest absolute Gasteiger partial charge is 0.252 e. The lowest BCUT2D eigenvalue weighted by Crippen LogP contribution is -2.18. The van der Waals surface area contributed by atoms with Crippen molar-refractivity contribution < 1.29 is 4.42 Å². The standard InChI is InChI=1S/C16H21N11O/c1-25(14-20-16(24-22-14)26(2)11-5-4-6-18-11)8-10-7-12(28-9-10)27(3)15-19-13(17)21-23-15/h4-7,9,18H,8H2,1-3H3,(H,20,22,24)(H3,17,19,21,23). The highest BCUT2D eigenvalue weighted by atomic mass is 16.3. The average Bonchev–Trinajstić information content (AvgIpc) is 3.47. The molecule has 146 valence electrons. The Balaban J connectivity index is 1.43. The van der Waals surface area contributed by atoms with Gasteiger partial charge in [-0.15, -0.1) is 10.2 Å². The first-order valence-electron chi connectivity index (χ1n) is 8.51. The lowest BCUT2D eigenvalue weighted by Gasteiger charge is -2.14. The van der Waals surface area contributed by atoms with Gasteiger partial charge in [0.2, 0.25) is 23.7 Å². The first-order chi connectivity index (χ1) is 13.5. The van der Waals surface area contributed by atoms with Crippen LogP contribution in [0.3, 0.4) is 0 Å². The van der Waals surface area contributed by atoms with Crippen molar-refractivity contribution in [1.82, 2.24) is 35.3 Å². The molecule has 12 heteroatoms. The van der Waals surface area contributed by atoms with Crippen LogP contribution in [-0.2, 0) is 6.54 Å². The minimum absolute atomic E-state index is 0.248. The molecule has 4 rings (SSSR count). The number of anilines is 6. The fraction of sp³-hybridized carbons (Fsp3) is 0.250. The van der Waals surface area contributed by atoms with E-state index in [2.05, 4.69) is 35.3 Å². The molecule has 28 heavy (non-hydrogen) atoms. The molecule has 0 aliphatic carbocycles. The quantitative estimate of drug-likeness (QED) is 0.373. The summed E-state index contributed by atoms with van der Waals surface area (Å²) in [6, 6.07) is 5.79. The average molecular weight is 383 g/mol. The second-order valence-corrected chi connectivity index (χ2v) is 6.30. The molecule has 0 saturated heterocycles. The number of hydrogen-bond acceptors (Lipinski definition) is 9. The topological polar surface area (TPSA) is 148 Å². The van der Waals surface area contributed by atoms with Crippen LogP contribution >= 0.6 is 0 Å². The molecule has 0 amide bonds. The number of nitrogens with one attached hydrogen (secondary N) is 3. The molecule has 5 N–H and O–H groups in total. The summed E-state index contributed by atoms with van der Waals surface area (Å²) in [6.45, 7) is 0.566. The molecular weight excluding hydrogens is 362 g/mol. The van der Waals surface area contributed by atoms with Gasteiger partial charge in [-0.25, -0.2) is 10.2 Å². The number of rotatable bonds is 7. The van der Waals surface area contributed by atoms with Gasteiger partial charge in [0.15, 0.2) is 0 Å². The van der Waals surface area contributed by atoms with Crippen molar-refractivity contribution in [3.8, 4) is 0 Å². The molecule has 0 spiro atoms. The van der Waals surface area contributed by atoms with Crippen LogP contribution in [0.15, 0.2) is 35.1 Å². The van der Waals surface area contributed by atoms with Crippen LogP contribution in [-0.4, -0.2) is 56.5 Å². The monoisotopic (exact) mass is 383 g/mol. The molecule has 0 aliphatic heterocycles. The highest BCUT2D eigenvalue weighted by Gasteiger charge is 2.16. The number of aromatic amines is 3. The van der Waals surface area contributed by atoms with E-state index in [-0.39, 0.29) is 5.95 Å². The summed E-state index contributed by atoms with van der Waals surface area (Å²) in [7, 11) is 5.62. The molecule has 0 aromatic carbocycles. The molecule has 4 aromatic heterocycles. The van der Waals surface area contributed by atoms with E-state index in [0.29, 0.717) is 30.3 Å². The summed E-state index contributed by atoms with van der Waals surface area (Å²) in [5, 5.41) is 13.9. The Hall–Kier alpha value is -3.96. The molecule has 0 bridgehead atoms. The van der Waals surface area contributed by atoms with Crippen molar-refractivity contribution in [3.05, 3.63) is 36.2 Å². The molecule has 0 radical (unpaired) electrons. The lowest BCUT2D eigenvalue weighted by molar-refractivity contribution is 0.564. The van der Waals surface area contributed by atoms with Crippen LogP contribution in [0, 0.1) is 0 Å². The van der Waals surface area contributed by atoms with Gasteiger partial charge in [0, 0.05) is 45.5 Å². The van der Waals surface area contributed by atoms with Gasteiger partial charge in [0.25, 0.3) is 5.95 Å². The summed E-state index contributed by atoms with van der Waals surface area (Å²) in [5.41, 5.74) is 6.52. The summed E-state index contributed by atoms with van der Waals surface area (Å²) in [6.07, 6.45) is 3.53. The highest BCUT2D eigenvalue weighted by molar-refractivity contribution is 5.53. The summed E-state index contributed by atoms with van der Waals surface area (Å²) in [5.74, 6) is 3.41. The fourth-order valence-electron chi connectivity index (χ4n) is 2.69. The minimum Gasteiger partial charge on any atom is -0.448 e. The number of aromatic nitrogens is 7. The van der Waals surface area contributed by atoms with Gasteiger partial charge >= 0.3 is 0 Å². The zero-order chi connectivity index (χ0) is 19.7. The van der Waals surface area contributed by atoms with Crippen molar-refractivity contribution in [2.75, 3.05) is 41.6 Å². The fourth-order valence-corrected chi connectivity index (χ4v) is 2.69. The Morgan fingerprint density at radius 1 is 1.07 bits per heavy atom. The van der Waals surface area contributed by atoms with Gasteiger partial charge in [-0.3, -0.25) is 9.80 Å². The number of nitrogen functional groups attached to an aromatic ring is 1. The van der Waals surface area contributed by atoms with E-state index in [1.165, 1.54) is 0 Å². The predicted molar refractivity (Wildman–Crippen MR) is 105 cm³/mol. The second-order valence-electron chi connectivity index (χ2n) is 6.30. The van der Waals surface area contributed by atoms with Gasteiger partial charge in [0.05, 0.1) is 6.26 Å². The Bertz CT molecular complexity index is 1030. The number of nitrogens with zero attached hydrogens (tertiary/aromatic N) is 7. The zero-order valence-electron chi connectivity index (χ0n) is 15.7. The van der Waals surface area contributed by atoms with Crippen molar-refractivity contribution in [2.45, 2.75) is 6.54 Å². The second kappa shape index (κ2) is 6.98. The van der Waals surface area contributed by atoms with E-state index in [9.17, 15) is 0 Å². The maximum Gasteiger partial charge on any atom is 0.252 e.